The number of aromatic nitrogens is 1. The molecule has 1 aliphatic rings. The van der Waals surface area contributed by atoms with Gasteiger partial charge < -0.3 is 4.57 Å². The summed E-state index contributed by atoms with van der Waals surface area (Å²) in [6.07, 6.45) is 1.46. The fourth-order valence-corrected chi connectivity index (χ4v) is 3.94. The molecule has 0 bridgehead atoms. The first-order valence-corrected chi connectivity index (χ1v) is 10.5. The summed E-state index contributed by atoms with van der Waals surface area (Å²) in [6.45, 7) is 3.82. The molecule has 1 aliphatic heterocycles. The second kappa shape index (κ2) is 8.10. The van der Waals surface area contributed by atoms with Crippen LogP contribution >= 0.6 is 22.6 Å². The van der Waals surface area contributed by atoms with Gasteiger partial charge in [-0.2, -0.15) is 0 Å². The van der Waals surface area contributed by atoms with Gasteiger partial charge in [-0.05, 0) is 96.6 Å². The van der Waals surface area contributed by atoms with Gasteiger partial charge in [-0.3, -0.25) is 14.9 Å². The average molecular weight is 529 g/mol. The highest BCUT2D eigenvalue weighted by Gasteiger charge is 2.37. The quantitative estimate of drug-likeness (QED) is 0.309. The molecule has 8 heteroatoms. The number of barbiturate groups is 1. The summed E-state index contributed by atoms with van der Waals surface area (Å²) >= 11 is 2.23. The normalized spacial score (nSPS) is 15.5. The van der Waals surface area contributed by atoms with Crippen molar-refractivity contribution in [3.05, 3.63) is 86.5 Å². The van der Waals surface area contributed by atoms with E-state index in [1.807, 2.05) is 48.7 Å². The van der Waals surface area contributed by atoms with E-state index in [0.717, 1.165) is 31.6 Å². The van der Waals surface area contributed by atoms with Gasteiger partial charge in [-0.1, -0.05) is 6.07 Å². The molecule has 0 aliphatic carbocycles. The van der Waals surface area contributed by atoms with Gasteiger partial charge in [-0.25, -0.2) is 14.1 Å². The molecule has 2 heterocycles. The molecule has 1 aromatic heterocycles. The van der Waals surface area contributed by atoms with Crippen LogP contribution in [0.25, 0.3) is 11.8 Å². The first kappa shape index (κ1) is 21.0. The number of aryl methyl sites for hydroxylation is 1. The van der Waals surface area contributed by atoms with Crippen molar-refractivity contribution in [1.82, 2.24) is 9.88 Å². The lowest BCUT2D eigenvalue weighted by molar-refractivity contribution is -0.122. The minimum absolute atomic E-state index is 0.0465. The summed E-state index contributed by atoms with van der Waals surface area (Å²) in [5.74, 6) is -2.19. The number of carbonyl (C=O) groups is 3. The molecular formula is C23H17FIN3O3. The predicted octanol–water partition coefficient (Wildman–Crippen LogP) is 4.50. The number of amides is 4. The van der Waals surface area contributed by atoms with Crippen molar-refractivity contribution in [2.75, 3.05) is 4.90 Å². The Morgan fingerprint density at radius 1 is 0.968 bits per heavy atom. The average Bonchev–Trinajstić information content (AvgIpc) is 2.99. The molecule has 156 valence electrons. The summed E-state index contributed by atoms with van der Waals surface area (Å²) in [4.78, 5) is 38.5. The number of hydrogen-bond donors (Lipinski definition) is 1. The second-order valence-electron chi connectivity index (χ2n) is 7.08. The minimum atomic E-state index is -0.915. The summed E-state index contributed by atoms with van der Waals surface area (Å²) in [6, 6.07) is 14.0. The van der Waals surface area contributed by atoms with Crippen molar-refractivity contribution in [1.29, 1.82) is 0 Å². The van der Waals surface area contributed by atoms with Crippen molar-refractivity contribution in [2.45, 2.75) is 13.8 Å². The van der Waals surface area contributed by atoms with Crippen molar-refractivity contribution in [3.63, 3.8) is 0 Å². The summed E-state index contributed by atoms with van der Waals surface area (Å²) in [7, 11) is 0. The molecule has 0 unspecified atom stereocenters. The highest BCUT2D eigenvalue weighted by atomic mass is 127. The molecular weight excluding hydrogens is 512 g/mol. The van der Waals surface area contributed by atoms with E-state index in [-0.39, 0.29) is 11.3 Å². The lowest BCUT2D eigenvalue weighted by atomic mass is 10.1. The lowest BCUT2D eigenvalue weighted by Crippen LogP contribution is -2.54. The molecule has 6 nitrogen and oxygen atoms in total. The number of anilines is 1. The molecule has 1 saturated heterocycles. The minimum Gasteiger partial charge on any atom is -0.318 e. The number of nitrogens with zero attached hydrogens (tertiary/aromatic N) is 2. The number of nitrogens with one attached hydrogen (secondary N) is 1. The third-order valence-corrected chi connectivity index (χ3v) is 5.74. The van der Waals surface area contributed by atoms with Crippen LogP contribution in [0.15, 0.2) is 60.2 Å². The first-order valence-electron chi connectivity index (χ1n) is 9.38. The Kier molecular flexibility index (Phi) is 5.48. The Morgan fingerprint density at radius 2 is 1.68 bits per heavy atom. The highest BCUT2D eigenvalue weighted by molar-refractivity contribution is 14.1. The Morgan fingerprint density at radius 3 is 2.35 bits per heavy atom. The number of carbonyl (C=O) groups excluding carboxylic acids is 3. The largest absolute Gasteiger partial charge is 0.335 e. The van der Waals surface area contributed by atoms with E-state index in [4.69, 9.17) is 0 Å². The third-order valence-electron chi connectivity index (χ3n) is 5.02. The van der Waals surface area contributed by atoms with E-state index in [1.54, 1.807) is 0 Å². The summed E-state index contributed by atoms with van der Waals surface area (Å²) < 4.78 is 16.8. The molecule has 2 aromatic carbocycles. The standard InChI is InChI=1S/C23H17FIN3O3/c1-13-10-15(14(2)27(13)18-8-6-17(25)7-9-18)11-20-21(29)26-23(31)28(22(20)30)19-5-3-4-16(24)12-19/h3-12H,1-2H3,(H,26,29,31)/b20-11+. The summed E-state index contributed by atoms with van der Waals surface area (Å²) in [5, 5.41) is 2.16. The van der Waals surface area contributed by atoms with Gasteiger partial charge in [0.25, 0.3) is 11.8 Å². The summed E-state index contributed by atoms with van der Waals surface area (Å²) in [5.41, 5.74) is 3.23. The Bertz CT molecular complexity index is 1260. The van der Waals surface area contributed by atoms with Crippen molar-refractivity contribution in [2.24, 2.45) is 0 Å². The van der Waals surface area contributed by atoms with E-state index < -0.39 is 23.7 Å². The van der Waals surface area contributed by atoms with E-state index in [0.29, 0.717) is 5.56 Å². The van der Waals surface area contributed by atoms with Crippen LogP contribution in [0.4, 0.5) is 14.9 Å². The lowest BCUT2D eigenvalue weighted by Gasteiger charge is -2.26. The first-order chi connectivity index (χ1) is 14.8. The zero-order valence-electron chi connectivity index (χ0n) is 16.6. The van der Waals surface area contributed by atoms with Crippen LogP contribution in [-0.2, 0) is 9.59 Å². The van der Waals surface area contributed by atoms with Crippen molar-refractivity contribution >= 4 is 52.2 Å². The number of rotatable bonds is 3. The molecule has 3 aromatic rings. The molecule has 4 rings (SSSR count). The van der Waals surface area contributed by atoms with E-state index >= 15 is 0 Å². The molecule has 0 radical (unpaired) electrons. The maximum atomic E-state index is 13.6. The van der Waals surface area contributed by atoms with Crippen LogP contribution in [-0.4, -0.2) is 22.4 Å². The molecule has 1 N–H and O–H groups in total. The van der Waals surface area contributed by atoms with Crippen LogP contribution in [0, 0.1) is 23.2 Å². The van der Waals surface area contributed by atoms with Crippen LogP contribution < -0.4 is 10.2 Å². The van der Waals surface area contributed by atoms with E-state index in [1.165, 1.54) is 24.3 Å². The molecule has 31 heavy (non-hydrogen) atoms. The van der Waals surface area contributed by atoms with E-state index in [9.17, 15) is 18.8 Å². The van der Waals surface area contributed by atoms with Gasteiger partial charge in [0.05, 0.1) is 5.69 Å². The fourth-order valence-electron chi connectivity index (χ4n) is 3.58. The Hall–Kier alpha value is -3.27. The van der Waals surface area contributed by atoms with Gasteiger partial charge in [-0.15, -0.1) is 0 Å². The SMILES string of the molecule is Cc1cc(/C=C2\C(=O)NC(=O)N(c3cccc(F)c3)C2=O)c(C)n1-c1ccc(I)cc1. The maximum Gasteiger partial charge on any atom is 0.335 e. The molecule has 1 fully saturated rings. The topological polar surface area (TPSA) is 71.4 Å². The monoisotopic (exact) mass is 529 g/mol. The van der Waals surface area contributed by atoms with Gasteiger partial charge in [0, 0.05) is 20.6 Å². The van der Waals surface area contributed by atoms with Gasteiger partial charge in [0.2, 0.25) is 0 Å². The Balaban J connectivity index is 1.76. The number of benzene rings is 2. The van der Waals surface area contributed by atoms with Gasteiger partial charge >= 0.3 is 6.03 Å². The van der Waals surface area contributed by atoms with Crippen LogP contribution in [0.3, 0.4) is 0 Å². The predicted molar refractivity (Wildman–Crippen MR) is 123 cm³/mol. The highest BCUT2D eigenvalue weighted by Crippen LogP contribution is 2.26. The second-order valence-corrected chi connectivity index (χ2v) is 8.32. The maximum absolute atomic E-state index is 13.6. The molecule has 0 saturated carbocycles. The number of halogens is 2. The Labute approximate surface area is 191 Å². The van der Waals surface area contributed by atoms with Gasteiger partial charge in [0.1, 0.15) is 11.4 Å². The number of imide groups is 2. The molecule has 4 amide bonds. The zero-order valence-corrected chi connectivity index (χ0v) is 18.8. The van der Waals surface area contributed by atoms with Crippen LogP contribution in [0.5, 0.6) is 0 Å². The third kappa shape index (κ3) is 3.90. The van der Waals surface area contributed by atoms with Crippen molar-refractivity contribution in [3.8, 4) is 5.69 Å². The van der Waals surface area contributed by atoms with E-state index in [2.05, 4.69) is 27.9 Å². The van der Waals surface area contributed by atoms with Crippen molar-refractivity contribution < 1.29 is 18.8 Å². The number of urea groups is 1. The van der Waals surface area contributed by atoms with Gasteiger partial charge in [0.15, 0.2) is 0 Å². The smallest absolute Gasteiger partial charge is 0.318 e. The molecule has 0 atom stereocenters. The molecule has 0 spiro atoms. The number of hydrogen-bond acceptors (Lipinski definition) is 3. The van der Waals surface area contributed by atoms with Crippen LogP contribution in [0.2, 0.25) is 0 Å². The van der Waals surface area contributed by atoms with Crippen LogP contribution in [0.1, 0.15) is 17.0 Å². The zero-order chi connectivity index (χ0) is 22.3. The fraction of sp³-hybridized carbons (Fsp3) is 0.0870.